The summed E-state index contributed by atoms with van der Waals surface area (Å²) < 4.78 is 0.925. The lowest BCUT2D eigenvalue weighted by molar-refractivity contribution is 0.757. The highest BCUT2D eigenvalue weighted by atomic mass is 79.9. The number of hydrogen-bond donors (Lipinski definition) is 1. The largest absolute Gasteiger partial charge is 0.308 e. The van der Waals surface area contributed by atoms with Crippen LogP contribution in [0.2, 0.25) is 0 Å². The molecule has 14 heavy (non-hydrogen) atoms. The first-order chi connectivity index (χ1) is 6.72. The SMILES string of the molecule is C=C(Br)CNCc1cccc(C#N)c1. The lowest BCUT2D eigenvalue weighted by atomic mass is 10.1. The topological polar surface area (TPSA) is 35.8 Å². The summed E-state index contributed by atoms with van der Waals surface area (Å²) in [5, 5.41) is 11.9. The van der Waals surface area contributed by atoms with Crippen LogP contribution in [0, 0.1) is 11.3 Å². The van der Waals surface area contributed by atoms with E-state index in [0.29, 0.717) is 5.56 Å². The van der Waals surface area contributed by atoms with E-state index in [9.17, 15) is 0 Å². The Kier molecular flexibility index (Phi) is 4.37. The Labute approximate surface area is 92.4 Å². The number of nitriles is 1. The molecule has 0 radical (unpaired) electrons. The fraction of sp³-hybridized carbons (Fsp3) is 0.182. The van der Waals surface area contributed by atoms with Crippen LogP contribution in [0.1, 0.15) is 11.1 Å². The summed E-state index contributed by atoms with van der Waals surface area (Å²) in [6.45, 7) is 5.20. The van der Waals surface area contributed by atoms with Gasteiger partial charge in [-0.25, -0.2) is 0 Å². The molecule has 0 atom stereocenters. The Morgan fingerprint density at radius 2 is 2.36 bits per heavy atom. The van der Waals surface area contributed by atoms with Gasteiger partial charge in [-0.1, -0.05) is 34.6 Å². The van der Waals surface area contributed by atoms with Gasteiger partial charge in [0.15, 0.2) is 0 Å². The second-order valence-corrected chi connectivity index (χ2v) is 4.05. The number of rotatable bonds is 4. The number of hydrogen-bond acceptors (Lipinski definition) is 2. The van der Waals surface area contributed by atoms with Gasteiger partial charge in [-0.15, -0.1) is 0 Å². The van der Waals surface area contributed by atoms with Crippen LogP contribution in [-0.2, 0) is 6.54 Å². The Morgan fingerprint density at radius 3 is 3.00 bits per heavy atom. The molecule has 1 aromatic carbocycles. The summed E-state index contributed by atoms with van der Waals surface area (Å²) in [6.07, 6.45) is 0. The summed E-state index contributed by atoms with van der Waals surface area (Å²) >= 11 is 3.27. The van der Waals surface area contributed by atoms with E-state index in [0.717, 1.165) is 23.1 Å². The highest BCUT2D eigenvalue weighted by Crippen LogP contribution is 2.04. The summed E-state index contributed by atoms with van der Waals surface area (Å²) in [5.41, 5.74) is 1.81. The highest BCUT2D eigenvalue weighted by molar-refractivity contribution is 9.11. The van der Waals surface area contributed by atoms with Crippen molar-refractivity contribution in [2.45, 2.75) is 6.54 Å². The van der Waals surface area contributed by atoms with Gasteiger partial charge < -0.3 is 5.32 Å². The number of benzene rings is 1. The molecule has 0 bridgehead atoms. The minimum Gasteiger partial charge on any atom is -0.308 e. The molecule has 72 valence electrons. The van der Waals surface area contributed by atoms with Crippen molar-refractivity contribution >= 4 is 15.9 Å². The van der Waals surface area contributed by atoms with E-state index in [1.807, 2.05) is 18.2 Å². The maximum Gasteiger partial charge on any atom is 0.0991 e. The molecule has 0 saturated carbocycles. The molecular weight excluding hydrogens is 240 g/mol. The average Bonchev–Trinajstić information content (AvgIpc) is 2.18. The van der Waals surface area contributed by atoms with Gasteiger partial charge in [0.1, 0.15) is 0 Å². The molecule has 3 heteroatoms. The molecule has 0 aliphatic carbocycles. The van der Waals surface area contributed by atoms with Crippen LogP contribution in [0.3, 0.4) is 0 Å². The summed E-state index contributed by atoms with van der Waals surface area (Å²) in [5.74, 6) is 0. The molecule has 0 amide bonds. The first-order valence-corrected chi connectivity index (χ1v) is 5.04. The molecule has 2 nitrogen and oxygen atoms in total. The molecule has 0 aromatic heterocycles. The van der Waals surface area contributed by atoms with Gasteiger partial charge in [-0.05, 0) is 17.7 Å². The summed E-state index contributed by atoms with van der Waals surface area (Å²) in [7, 11) is 0. The van der Waals surface area contributed by atoms with Crippen molar-refractivity contribution in [3.8, 4) is 6.07 Å². The maximum atomic E-state index is 8.68. The second-order valence-electron chi connectivity index (χ2n) is 2.93. The molecular formula is C11H11BrN2. The monoisotopic (exact) mass is 250 g/mol. The molecule has 0 aliphatic heterocycles. The van der Waals surface area contributed by atoms with E-state index in [-0.39, 0.29) is 0 Å². The van der Waals surface area contributed by atoms with Crippen molar-refractivity contribution in [2.24, 2.45) is 0 Å². The Balaban J connectivity index is 2.51. The van der Waals surface area contributed by atoms with E-state index < -0.39 is 0 Å². The number of halogens is 1. The van der Waals surface area contributed by atoms with E-state index in [4.69, 9.17) is 5.26 Å². The Hall–Kier alpha value is -1.11. The molecule has 1 N–H and O–H groups in total. The van der Waals surface area contributed by atoms with Gasteiger partial charge in [-0.3, -0.25) is 0 Å². The fourth-order valence-electron chi connectivity index (χ4n) is 1.09. The van der Waals surface area contributed by atoms with Crippen LogP contribution in [0.5, 0.6) is 0 Å². The smallest absolute Gasteiger partial charge is 0.0991 e. The third-order valence-corrected chi connectivity index (χ3v) is 1.98. The molecule has 0 aliphatic rings. The summed E-state index contributed by atoms with van der Waals surface area (Å²) in [6, 6.07) is 9.67. The van der Waals surface area contributed by atoms with Crippen molar-refractivity contribution < 1.29 is 0 Å². The van der Waals surface area contributed by atoms with Crippen molar-refractivity contribution in [3.05, 3.63) is 46.5 Å². The zero-order chi connectivity index (χ0) is 10.4. The molecule has 0 unspecified atom stereocenters. The van der Waals surface area contributed by atoms with Gasteiger partial charge in [0.2, 0.25) is 0 Å². The predicted octanol–water partition coefficient (Wildman–Crippen LogP) is 2.56. The van der Waals surface area contributed by atoms with Crippen molar-refractivity contribution in [1.82, 2.24) is 5.32 Å². The molecule has 0 spiro atoms. The first-order valence-electron chi connectivity index (χ1n) is 4.25. The molecule has 1 aromatic rings. The standard InChI is InChI=1S/C11H11BrN2/c1-9(12)7-14-8-11-4-2-3-10(5-11)6-13/h2-5,14H,1,7-8H2. The quantitative estimate of drug-likeness (QED) is 0.892. The van der Waals surface area contributed by atoms with Gasteiger partial charge >= 0.3 is 0 Å². The predicted molar refractivity (Wildman–Crippen MR) is 60.9 cm³/mol. The molecule has 0 heterocycles. The lowest BCUT2D eigenvalue weighted by Crippen LogP contribution is -2.14. The van der Waals surface area contributed by atoms with Gasteiger partial charge in [0.05, 0.1) is 11.6 Å². The van der Waals surface area contributed by atoms with Crippen molar-refractivity contribution in [3.63, 3.8) is 0 Å². The Morgan fingerprint density at radius 1 is 1.57 bits per heavy atom. The zero-order valence-corrected chi connectivity index (χ0v) is 9.34. The first kappa shape index (κ1) is 11.0. The fourth-order valence-corrected chi connectivity index (χ4v) is 1.29. The van der Waals surface area contributed by atoms with Crippen LogP contribution >= 0.6 is 15.9 Å². The van der Waals surface area contributed by atoms with Crippen LogP contribution in [-0.4, -0.2) is 6.54 Å². The molecule has 1 rings (SSSR count). The number of nitrogens with one attached hydrogen (secondary N) is 1. The van der Waals surface area contributed by atoms with Gasteiger partial charge in [0.25, 0.3) is 0 Å². The molecule has 0 fully saturated rings. The maximum absolute atomic E-state index is 8.68. The van der Waals surface area contributed by atoms with E-state index in [1.54, 1.807) is 6.07 Å². The van der Waals surface area contributed by atoms with Crippen LogP contribution in [0.25, 0.3) is 0 Å². The van der Waals surface area contributed by atoms with Crippen LogP contribution in [0.15, 0.2) is 35.3 Å². The van der Waals surface area contributed by atoms with E-state index >= 15 is 0 Å². The third-order valence-electron chi connectivity index (χ3n) is 1.70. The highest BCUT2D eigenvalue weighted by Gasteiger charge is 1.94. The zero-order valence-electron chi connectivity index (χ0n) is 7.76. The minimum absolute atomic E-state index is 0.696. The normalized spacial score (nSPS) is 9.43. The van der Waals surface area contributed by atoms with Crippen molar-refractivity contribution in [1.29, 1.82) is 5.26 Å². The van der Waals surface area contributed by atoms with Crippen LogP contribution in [0.4, 0.5) is 0 Å². The van der Waals surface area contributed by atoms with E-state index in [1.165, 1.54) is 0 Å². The number of nitrogens with zero attached hydrogens (tertiary/aromatic N) is 1. The summed E-state index contributed by atoms with van der Waals surface area (Å²) in [4.78, 5) is 0. The van der Waals surface area contributed by atoms with Crippen molar-refractivity contribution in [2.75, 3.05) is 6.54 Å². The van der Waals surface area contributed by atoms with Gasteiger partial charge in [0, 0.05) is 17.6 Å². The lowest BCUT2D eigenvalue weighted by Gasteiger charge is -2.03. The van der Waals surface area contributed by atoms with Gasteiger partial charge in [-0.2, -0.15) is 5.26 Å². The minimum atomic E-state index is 0.696. The van der Waals surface area contributed by atoms with E-state index in [2.05, 4.69) is 33.9 Å². The van der Waals surface area contributed by atoms with Crippen LogP contribution < -0.4 is 5.32 Å². The Bertz CT molecular complexity index is 366. The average molecular weight is 251 g/mol. The second kappa shape index (κ2) is 5.58. The molecule has 0 saturated heterocycles. The third kappa shape index (κ3) is 3.73.